The predicted octanol–water partition coefficient (Wildman–Crippen LogP) is 1.45. The lowest BCUT2D eigenvalue weighted by Gasteiger charge is -2.05. The molecule has 0 spiro atoms. The average Bonchev–Trinajstić information content (AvgIpc) is 2.47. The van der Waals surface area contributed by atoms with Gasteiger partial charge in [0.2, 0.25) is 0 Å². The molecule has 0 N–H and O–H groups in total. The van der Waals surface area contributed by atoms with Gasteiger partial charge in [0, 0.05) is 25.0 Å². The summed E-state index contributed by atoms with van der Waals surface area (Å²) in [5, 5.41) is 7.77. The molecule has 0 aliphatic heterocycles. The van der Waals surface area contributed by atoms with Crippen LogP contribution in [-0.4, -0.2) is 26.8 Å². The summed E-state index contributed by atoms with van der Waals surface area (Å²) < 4.78 is 1.68. The van der Waals surface area contributed by atoms with Gasteiger partial charge in [-0.3, -0.25) is 4.68 Å². The molecule has 0 bridgehead atoms. The van der Waals surface area contributed by atoms with Crippen LogP contribution in [0.15, 0.2) is 6.20 Å². The lowest BCUT2D eigenvalue weighted by molar-refractivity contribution is 0.646. The van der Waals surface area contributed by atoms with Crippen molar-refractivity contribution >= 4 is 23.2 Å². The van der Waals surface area contributed by atoms with Gasteiger partial charge in [-0.25, -0.2) is 0 Å². The molecule has 0 unspecified atom stereocenters. The lowest BCUT2D eigenvalue weighted by atomic mass is 10.1. The van der Waals surface area contributed by atoms with E-state index in [1.54, 1.807) is 4.68 Å². The van der Waals surface area contributed by atoms with Crippen molar-refractivity contribution in [2.24, 2.45) is 13.0 Å². The van der Waals surface area contributed by atoms with Crippen molar-refractivity contribution in [3.63, 3.8) is 0 Å². The summed E-state index contributed by atoms with van der Waals surface area (Å²) in [7, 11) is 1.84. The van der Waals surface area contributed by atoms with Crippen molar-refractivity contribution in [3.8, 4) is 0 Å². The zero-order chi connectivity index (χ0) is 8.97. The minimum absolute atomic E-state index is 0.296. The largest absolute Gasteiger partial charge is 0.255 e. The van der Waals surface area contributed by atoms with Gasteiger partial charge in [0.15, 0.2) is 0 Å². The first kappa shape index (κ1) is 9.81. The predicted molar refractivity (Wildman–Crippen MR) is 49.6 cm³/mol. The van der Waals surface area contributed by atoms with Crippen LogP contribution in [0.1, 0.15) is 5.69 Å². The van der Waals surface area contributed by atoms with Gasteiger partial charge in [-0.2, -0.15) is 0 Å². The molecule has 0 atom stereocenters. The van der Waals surface area contributed by atoms with E-state index in [-0.39, 0.29) is 0 Å². The second kappa shape index (κ2) is 4.67. The molecule has 12 heavy (non-hydrogen) atoms. The topological polar surface area (TPSA) is 30.7 Å². The van der Waals surface area contributed by atoms with E-state index in [0.29, 0.717) is 17.7 Å². The first-order valence-corrected chi connectivity index (χ1v) is 4.80. The summed E-state index contributed by atoms with van der Waals surface area (Å²) in [6, 6.07) is 0. The van der Waals surface area contributed by atoms with E-state index in [9.17, 15) is 0 Å². The quantitative estimate of drug-likeness (QED) is 0.701. The number of halogens is 2. The molecule has 1 rings (SSSR count). The number of hydrogen-bond acceptors (Lipinski definition) is 2. The second-order valence-electron chi connectivity index (χ2n) is 2.76. The van der Waals surface area contributed by atoms with Gasteiger partial charge in [0.1, 0.15) is 0 Å². The van der Waals surface area contributed by atoms with Gasteiger partial charge in [0.25, 0.3) is 0 Å². The molecule has 0 saturated heterocycles. The van der Waals surface area contributed by atoms with E-state index in [1.807, 2.05) is 13.2 Å². The van der Waals surface area contributed by atoms with Crippen LogP contribution >= 0.6 is 23.2 Å². The minimum atomic E-state index is 0.296. The Balaban J connectivity index is 2.50. The molecule has 0 aliphatic carbocycles. The first-order chi connectivity index (χ1) is 5.76. The molecule has 0 aromatic carbocycles. The fourth-order valence-electron chi connectivity index (χ4n) is 0.935. The summed E-state index contributed by atoms with van der Waals surface area (Å²) in [4.78, 5) is 0. The Hall–Kier alpha value is -0.280. The standard InChI is InChI=1S/C7H11Cl2N3/c1-12-5-7(10-11-12)2-6(3-8)4-9/h5-6H,2-4H2,1H3. The first-order valence-electron chi connectivity index (χ1n) is 3.73. The zero-order valence-corrected chi connectivity index (χ0v) is 8.39. The summed E-state index contributed by atoms with van der Waals surface area (Å²) in [6.45, 7) is 0. The van der Waals surface area contributed by atoms with Crippen LogP contribution in [0, 0.1) is 5.92 Å². The molecular formula is C7H11Cl2N3. The van der Waals surface area contributed by atoms with E-state index < -0.39 is 0 Å². The Kier molecular flexibility index (Phi) is 3.82. The monoisotopic (exact) mass is 207 g/mol. The molecule has 3 nitrogen and oxygen atoms in total. The zero-order valence-electron chi connectivity index (χ0n) is 6.87. The lowest BCUT2D eigenvalue weighted by Crippen LogP contribution is -2.08. The van der Waals surface area contributed by atoms with Crippen LogP contribution < -0.4 is 0 Å². The fourth-order valence-corrected chi connectivity index (χ4v) is 1.48. The number of hydrogen-bond donors (Lipinski definition) is 0. The third-order valence-corrected chi connectivity index (χ3v) is 2.46. The van der Waals surface area contributed by atoms with E-state index in [4.69, 9.17) is 23.2 Å². The van der Waals surface area contributed by atoms with Gasteiger partial charge in [0.05, 0.1) is 5.69 Å². The molecule has 0 aliphatic rings. The number of aromatic nitrogens is 3. The minimum Gasteiger partial charge on any atom is -0.255 e. The van der Waals surface area contributed by atoms with Crippen molar-refractivity contribution in [3.05, 3.63) is 11.9 Å². The van der Waals surface area contributed by atoms with Crippen LogP contribution in [0.25, 0.3) is 0 Å². The van der Waals surface area contributed by atoms with Crippen LogP contribution in [-0.2, 0) is 13.5 Å². The van der Waals surface area contributed by atoms with Gasteiger partial charge in [-0.1, -0.05) is 5.21 Å². The normalized spacial score (nSPS) is 11.0. The molecule has 5 heteroatoms. The maximum absolute atomic E-state index is 5.68. The molecule has 0 amide bonds. The third-order valence-electron chi connectivity index (χ3n) is 1.58. The van der Waals surface area contributed by atoms with Crippen molar-refractivity contribution in [2.75, 3.05) is 11.8 Å². The summed E-state index contributed by atoms with van der Waals surface area (Å²) in [5.74, 6) is 1.44. The molecular weight excluding hydrogens is 197 g/mol. The van der Waals surface area contributed by atoms with Gasteiger partial charge < -0.3 is 0 Å². The number of rotatable bonds is 4. The van der Waals surface area contributed by atoms with Crippen molar-refractivity contribution in [2.45, 2.75) is 6.42 Å². The highest BCUT2D eigenvalue weighted by Gasteiger charge is 2.08. The maximum atomic E-state index is 5.68. The molecule has 68 valence electrons. The van der Waals surface area contributed by atoms with E-state index >= 15 is 0 Å². The molecule has 1 heterocycles. The van der Waals surface area contributed by atoms with Crippen LogP contribution in [0.5, 0.6) is 0 Å². The van der Waals surface area contributed by atoms with Crippen LogP contribution in [0.4, 0.5) is 0 Å². The van der Waals surface area contributed by atoms with Gasteiger partial charge >= 0.3 is 0 Å². The highest BCUT2D eigenvalue weighted by molar-refractivity contribution is 6.20. The Labute approximate surface area is 81.7 Å². The SMILES string of the molecule is Cn1cc(CC(CCl)CCl)nn1. The molecule has 0 radical (unpaired) electrons. The molecule has 1 aromatic rings. The molecule has 0 fully saturated rings. The number of nitrogens with zero attached hydrogens (tertiary/aromatic N) is 3. The van der Waals surface area contributed by atoms with Gasteiger partial charge in [-0.15, -0.1) is 28.3 Å². The van der Waals surface area contributed by atoms with E-state index in [0.717, 1.165) is 12.1 Å². The van der Waals surface area contributed by atoms with Gasteiger partial charge in [-0.05, 0) is 12.3 Å². The smallest absolute Gasteiger partial charge is 0.0830 e. The van der Waals surface area contributed by atoms with Crippen molar-refractivity contribution in [1.29, 1.82) is 0 Å². The van der Waals surface area contributed by atoms with Crippen molar-refractivity contribution < 1.29 is 0 Å². The van der Waals surface area contributed by atoms with Crippen LogP contribution in [0.3, 0.4) is 0 Å². The third kappa shape index (κ3) is 2.64. The Morgan fingerprint density at radius 1 is 1.50 bits per heavy atom. The number of alkyl halides is 2. The highest BCUT2D eigenvalue weighted by Crippen LogP contribution is 2.09. The Morgan fingerprint density at radius 2 is 2.17 bits per heavy atom. The highest BCUT2D eigenvalue weighted by atomic mass is 35.5. The average molecular weight is 208 g/mol. The summed E-state index contributed by atoms with van der Waals surface area (Å²) in [5.41, 5.74) is 0.948. The van der Waals surface area contributed by atoms with Crippen molar-refractivity contribution in [1.82, 2.24) is 15.0 Å². The number of aryl methyl sites for hydroxylation is 1. The maximum Gasteiger partial charge on any atom is 0.0830 e. The van der Waals surface area contributed by atoms with Crippen LogP contribution in [0.2, 0.25) is 0 Å². The molecule has 1 aromatic heterocycles. The van der Waals surface area contributed by atoms with E-state index in [2.05, 4.69) is 10.3 Å². The molecule has 0 saturated carbocycles. The second-order valence-corrected chi connectivity index (χ2v) is 3.38. The Bertz CT molecular complexity index is 232. The fraction of sp³-hybridized carbons (Fsp3) is 0.714. The summed E-state index contributed by atoms with van der Waals surface area (Å²) >= 11 is 11.4. The van der Waals surface area contributed by atoms with E-state index in [1.165, 1.54) is 0 Å². The summed E-state index contributed by atoms with van der Waals surface area (Å²) in [6.07, 6.45) is 2.69. The Morgan fingerprint density at radius 3 is 2.58 bits per heavy atom.